The first-order valence-corrected chi connectivity index (χ1v) is 9.99. The Hall–Kier alpha value is -3.15. The fourth-order valence-corrected chi connectivity index (χ4v) is 3.92. The number of rotatable bonds is 5. The molecule has 1 aliphatic rings. The van der Waals surface area contributed by atoms with E-state index in [-0.39, 0.29) is 11.5 Å². The molecule has 4 rings (SSSR count). The van der Waals surface area contributed by atoms with Gasteiger partial charge >= 0.3 is 0 Å². The molecule has 1 heterocycles. The Bertz CT molecular complexity index is 1100. The largest absolute Gasteiger partial charge is 0.497 e. The zero-order valence-corrected chi connectivity index (χ0v) is 16.8. The summed E-state index contributed by atoms with van der Waals surface area (Å²) >= 11 is 0. The van der Waals surface area contributed by atoms with Gasteiger partial charge in [0.15, 0.2) is 0 Å². The summed E-state index contributed by atoms with van der Waals surface area (Å²) in [4.78, 5) is 18.1. The molecule has 3 aromatic rings. The molecule has 2 aromatic carbocycles. The van der Waals surface area contributed by atoms with E-state index in [4.69, 9.17) is 14.5 Å². The van der Waals surface area contributed by atoms with Crippen molar-refractivity contribution in [1.29, 1.82) is 0 Å². The lowest BCUT2D eigenvalue weighted by molar-refractivity contribution is 0.394. The van der Waals surface area contributed by atoms with Gasteiger partial charge in [0.25, 0.3) is 5.56 Å². The van der Waals surface area contributed by atoms with Crippen molar-refractivity contribution in [2.45, 2.75) is 38.0 Å². The van der Waals surface area contributed by atoms with Gasteiger partial charge in [-0.15, -0.1) is 0 Å². The second-order valence-corrected chi connectivity index (χ2v) is 7.29. The first-order chi connectivity index (χ1) is 14.2. The second kappa shape index (κ2) is 8.47. The fraction of sp³-hybridized carbons (Fsp3) is 0.348. The number of benzene rings is 2. The van der Waals surface area contributed by atoms with Crippen molar-refractivity contribution in [1.82, 2.24) is 9.66 Å². The smallest absolute Gasteiger partial charge is 0.282 e. The van der Waals surface area contributed by atoms with Crippen LogP contribution in [0, 0.1) is 0 Å². The molecule has 6 heteroatoms. The van der Waals surface area contributed by atoms with E-state index in [1.54, 1.807) is 32.6 Å². The number of ether oxygens (including phenoxy) is 2. The van der Waals surface area contributed by atoms with Crippen LogP contribution in [0.1, 0.15) is 49.4 Å². The summed E-state index contributed by atoms with van der Waals surface area (Å²) in [6, 6.07) is 13.0. The first-order valence-electron chi connectivity index (χ1n) is 9.99. The van der Waals surface area contributed by atoms with E-state index in [1.807, 2.05) is 30.3 Å². The zero-order chi connectivity index (χ0) is 20.2. The Morgan fingerprint density at radius 2 is 1.86 bits per heavy atom. The third-order valence-corrected chi connectivity index (χ3v) is 5.50. The maximum Gasteiger partial charge on any atom is 0.282 e. The molecule has 0 aliphatic heterocycles. The second-order valence-electron chi connectivity index (χ2n) is 7.29. The molecule has 1 aromatic heterocycles. The van der Waals surface area contributed by atoms with E-state index >= 15 is 0 Å². The highest BCUT2D eigenvalue weighted by Gasteiger charge is 2.22. The quantitative estimate of drug-likeness (QED) is 0.607. The number of aromatic nitrogens is 2. The highest BCUT2D eigenvalue weighted by atomic mass is 16.5. The molecule has 0 bridgehead atoms. The minimum atomic E-state index is -0.139. The molecule has 1 aliphatic carbocycles. The van der Waals surface area contributed by atoms with Crippen LogP contribution in [0.15, 0.2) is 52.4 Å². The molecule has 6 nitrogen and oxygen atoms in total. The summed E-state index contributed by atoms with van der Waals surface area (Å²) in [6.45, 7) is 0. The van der Waals surface area contributed by atoms with Crippen molar-refractivity contribution in [3.63, 3.8) is 0 Å². The molecular formula is C23H25N3O3. The van der Waals surface area contributed by atoms with Gasteiger partial charge in [0.1, 0.15) is 17.3 Å². The van der Waals surface area contributed by atoms with Crippen molar-refractivity contribution < 1.29 is 9.47 Å². The maximum absolute atomic E-state index is 13.2. The molecule has 0 unspecified atom stereocenters. The molecule has 0 amide bonds. The number of para-hydroxylation sites is 1. The van der Waals surface area contributed by atoms with E-state index in [9.17, 15) is 4.79 Å². The predicted molar refractivity (Wildman–Crippen MR) is 114 cm³/mol. The summed E-state index contributed by atoms with van der Waals surface area (Å²) < 4.78 is 12.2. The maximum atomic E-state index is 13.2. The molecule has 0 spiro atoms. The minimum absolute atomic E-state index is 0.139. The van der Waals surface area contributed by atoms with E-state index in [2.05, 4.69) is 5.10 Å². The molecule has 1 fully saturated rings. The highest BCUT2D eigenvalue weighted by molar-refractivity contribution is 5.84. The van der Waals surface area contributed by atoms with Gasteiger partial charge in [0.2, 0.25) is 0 Å². The van der Waals surface area contributed by atoms with Crippen molar-refractivity contribution in [2.24, 2.45) is 5.10 Å². The average molecular weight is 391 g/mol. The monoisotopic (exact) mass is 391 g/mol. The summed E-state index contributed by atoms with van der Waals surface area (Å²) in [7, 11) is 3.21. The lowest BCUT2D eigenvalue weighted by Crippen LogP contribution is -2.25. The Kier molecular flexibility index (Phi) is 5.60. The van der Waals surface area contributed by atoms with Crippen molar-refractivity contribution >= 4 is 17.1 Å². The number of hydrogen-bond acceptors (Lipinski definition) is 5. The lowest BCUT2D eigenvalue weighted by atomic mass is 9.88. The van der Waals surface area contributed by atoms with Crippen LogP contribution in [0.5, 0.6) is 11.5 Å². The topological polar surface area (TPSA) is 65.7 Å². The number of methoxy groups -OCH3 is 2. The van der Waals surface area contributed by atoms with Crippen LogP contribution in [0.2, 0.25) is 0 Å². The van der Waals surface area contributed by atoms with E-state index in [1.165, 1.54) is 11.1 Å². The summed E-state index contributed by atoms with van der Waals surface area (Å²) in [5.74, 6) is 2.33. The lowest BCUT2D eigenvalue weighted by Gasteiger charge is -2.22. The van der Waals surface area contributed by atoms with Crippen LogP contribution in [0.3, 0.4) is 0 Å². The summed E-state index contributed by atoms with van der Waals surface area (Å²) in [5.41, 5.74) is 1.36. The Morgan fingerprint density at radius 3 is 2.62 bits per heavy atom. The fourth-order valence-electron chi connectivity index (χ4n) is 3.92. The van der Waals surface area contributed by atoms with Gasteiger partial charge in [-0.1, -0.05) is 31.4 Å². The van der Waals surface area contributed by atoms with Crippen LogP contribution in [-0.2, 0) is 0 Å². The SMILES string of the molecule is COc1ccc(C=Nn2c(C3CCCCC3)nc3ccccc3c2=O)c(OC)c1. The molecule has 0 atom stereocenters. The van der Waals surface area contributed by atoms with Crippen molar-refractivity contribution in [2.75, 3.05) is 14.2 Å². The van der Waals surface area contributed by atoms with Gasteiger partial charge in [0.05, 0.1) is 31.3 Å². The average Bonchev–Trinajstić information content (AvgIpc) is 2.79. The van der Waals surface area contributed by atoms with E-state index in [0.717, 1.165) is 42.6 Å². The van der Waals surface area contributed by atoms with Crippen LogP contribution in [-0.4, -0.2) is 30.1 Å². The van der Waals surface area contributed by atoms with E-state index in [0.29, 0.717) is 16.9 Å². The molecular weight excluding hydrogens is 366 g/mol. The van der Waals surface area contributed by atoms with Crippen LogP contribution >= 0.6 is 0 Å². The number of nitrogens with zero attached hydrogens (tertiary/aromatic N) is 3. The van der Waals surface area contributed by atoms with Crippen molar-refractivity contribution in [3.8, 4) is 11.5 Å². The molecule has 1 saturated carbocycles. The van der Waals surface area contributed by atoms with Gasteiger partial charge < -0.3 is 9.47 Å². The minimum Gasteiger partial charge on any atom is -0.497 e. The van der Waals surface area contributed by atoms with Gasteiger partial charge in [0, 0.05) is 17.5 Å². The predicted octanol–water partition coefficient (Wildman–Crippen LogP) is 4.34. The Morgan fingerprint density at radius 1 is 1.07 bits per heavy atom. The molecule has 0 saturated heterocycles. The van der Waals surface area contributed by atoms with Gasteiger partial charge in [-0.05, 0) is 37.1 Å². The van der Waals surface area contributed by atoms with Crippen molar-refractivity contribution in [3.05, 3.63) is 64.2 Å². The third kappa shape index (κ3) is 3.88. The Balaban J connectivity index is 1.82. The van der Waals surface area contributed by atoms with Gasteiger partial charge in [-0.25, -0.2) is 4.98 Å². The van der Waals surface area contributed by atoms with E-state index < -0.39 is 0 Å². The standard InChI is InChI=1S/C23H25N3O3/c1-28-18-13-12-17(21(14-18)29-2)15-24-26-22(16-8-4-3-5-9-16)25-20-11-7-6-10-19(20)23(26)27/h6-7,10-16H,3-5,8-9H2,1-2H3. The van der Waals surface area contributed by atoms with Crippen LogP contribution < -0.4 is 15.0 Å². The Labute approximate surface area is 169 Å². The summed E-state index contributed by atoms with van der Waals surface area (Å²) in [5, 5.41) is 5.14. The number of fused-ring (bicyclic) bond motifs is 1. The summed E-state index contributed by atoms with van der Waals surface area (Å²) in [6.07, 6.45) is 7.27. The highest BCUT2D eigenvalue weighted by Crippen LogP contribution is 2.32. The number of hydrogen-bond donors (Lipinski definition) is 0. The van der Waals surface area contributed by atoms with Crippen LogP contribution in [0.4, 0.5) is 0 Å². The van der Waals surface area contributed by atoms with Crippen LogP contribution in [0.25, 0.3) is 10.9 Å². The molecule has 0 radical (unpaired) electrons. The molecule has 29 heavy (non-hydrogen) atoms. The third-order valence-electron chi connectivity index (χ3n) is 5.50. The van der Waals surface area contributed by atoms with Gasteiger partial charge in [-0.2, -0.15) is 9.78 Å². The molecule has 0 N–H and O–H groups in total. The zero-order valence-electron chi connectivity index (χ0n) is 16.8. The normalized spacial score (nSPS) is 15.1. The van der Waals surface area contributed by atoms with Gasteiger partial charge in [-0.3, -0.25) is 4.79 Å². The molecule has 150 valence electrons. The first kappa shape index (κ1) is 19.2.